The molecule has 0 aliphatic carbocycles. The molecule has 0 bridgehead atoms. The maximum absolute atomic E-state index is 6.14. The molecule has 0 fully saturated rings. The molecule has 0 amide bonds. The van der Waals surface area contributed by atoms with Crippen LogP contribution in [0.2, 0.25) is 0 Å². The van der Waals surface area contributed by atoms with E-state index in [2.05, 4.69) is 23.9 Å². The zero-order valence-electron chi connectivity index (χ0n) is 10.4. The van der Waals surface area contributed by atoms with Crippen molar-refractivity contribution < 1.29 is 0 Å². The number of aryl methyl sites for hydroxylation is 1. The van der Waals surface area contributed by atoms with Crippen molar-refractivity contribution in [2.75, 3.05) is 0 Å². The van der Waals surface area contributed by atoms with Crippen LogP contribution in [0.4, 0.5) is 0 Å². The number of hydrogen-bond donors (Lipinski definition) is 1. The summed E-state index contributed by atoms with van der Waals surface area (Å²) in [7, 11) is 1.90. The Balaban J connectivity index is 2.25. The smallest absolute Gasteiger partial charge is 0.191 e. The molecule has 0 saturated heterocycles. The minimum atomic E-state index is -0.0405. The highest BCUT2D eigenvalue weighted by molar-refractivity contribution is 7.13. The first-order valence-electron chi connectivity index (χ1n) is 5.78. The second kappa shape index (κ2) is 4.98. The van der Waals surface area contributed by atoms with Crippen LogP contribution < -0.4 is 5.73 Å². The maximum Gasteiger partial charge on any atom is 0.191 e. The van der Waals surface area contributed by atoms with Crippen molar-refractivity contribution in [3.63, 3.8) is 0 Å². The van der Waals surface area contributed by atoms with Crippen molar-refractivity contribution in [2.45, 2.75) is 26.3 Å². The molecule has 0 aromatic carbocycles. The summed E-state index contributed by atoms with van der Waals surface area (Å²) in [5.41, 5.74) is 6.14. The van der Waals surface area contributed by atoms with Gasteiger partial charge in [-0.2, -0.15) is 5.10 Å². The van der Waals surface area contributed by atoms with Crippen molar-refractivity contribution in [3.05, 3.63) is 23.3 Å². The average Bonchev–Trinajstić information content (AvgIpc) is 2.84. The molecule has 4 nitrogen and oxygen atoms in total. The second-order valence-corrected chi connectivity index (χ2v) is 5.58. The molecule has 17 heavy (non-hydrogen) atoms. The molecule has 0 spiro atoms. The van der Waals surface area contributed by atoms with Gasteiger partial charge in [-0.3, -0.25) is 4.68 Å². The van der Waals surface area contributed by atoms with Gasteiger partial charge < -0.3 is 5.73 Å². The lowest BCUT2D eigenvalue weighted by atomic mass is 10.0. The van der Waals surface area contributed by atoms with Crippen molar-refractivity contribution in [2.24, 2.45) is 18.7 Å². The zero-order valence-corrected chi connectivity index (χ0v) is 11.2. The van der Waals surface area contributed by atoms with E-state index in [9.17, 15) is 0 Å². The van der Waals surface area contributed by atoms with Crippen LogP contribution in [0.1, 0.15) is 32.1 Å². The Morgan fingerprint density at radius 2 is 2.24 bits per heavy atom. The van der Waals surface area contributed by atoms with Gasteiger partial charge in [0.1, 0.15) is 5.82 Å². The summed E-state index contributed by atoms with van der Waals surface area (Å²) < 4.78 is 1.79. The SMILES string of the molecule is CC(C)CC(N)c1nc(-c2cccs2)nn1C. The normalized spacial score (nSPS) is 13.2. The highest BCUT2D eigenvalue weighted by atomic mass is 32.1. The Morgan fingerprint density at radius 3 is 2.82 bits per heavy atom. The Labute approximate surface area is 105 Å². The highest BCUT2D eigenvalue weighted by Gasteiger charge is 2.17. The van der Waals surface area contributed by atoms with Gasteiger partial charge in [0.15, 0.2) is 5.82 Å². The molecule has 2 N–H and O–H groups in total. The molecular formula is C12H18N4S. The lowest BCUT2D eigenvalue weighted by Gasteiger charge is -2.12. The summed E-state index contributed by atoms with van der Waals surface area (Å²) in [6.45, 7) is 4.33. The van der Waals surface area contributed by atoms with Crippen LogP contribution >= 0.6 is 11.3 Å². The van der Waals surface area contributed by atoms with Gasteiger partial charge in [-0.1, -0.05) is 19.9 Å². The molecule has 92 valence electrons. The van der Waals surface area contributed by atoms with Gasteiger partial charge in [0, 0.05) is 7.05 Å². The van der Waals surface area contributed by atoms with E-state index in [1.165, 1.54) is 0 Å². The number of nitrogens with two attached hydrogens (primary N) is 1. The summed E-state index contributed by atoms with van der Waals surface area (Å²) in [6, 6.07) is 3.99. The summed E-state index contributed by atoms with van der Waals surface area (Å²) >= 11 is 1.64. The van der Waals surface area contributed by atoms with Gasteiger partial charge in [-0.25, -0.2) is 4.98 Å². The third-order valence-corrected chi connectivity index (χ3v) is 3.46. The number of aromatic nitrogens is 3. The molecule has 1 atom stereocenters. The highest BCUT2D eigenvalue weighted by Crippen LogP contribution is 2.24. The van der Waals surface area contributed by atoms with E-state index in [4.69, 9.17) is 5.73 Å². The molecule has 0 radical (unpaired) electrons. The lowest BCUT2D eigenvalue weighted by molar-refractivity contribution is 0.477. The zero-order chi connectivity index (χ0) is 12.4. The van der Waals surface area contributed by atoms with Gasteiger partial charge in [0.25, 0.3) is 0 Å². The van der Waals surface area contributed by atoms with E-state index in [1.807, 2.05) is 24.6 Å². The predicted molar refractivity (Wildman–Crippen MR) is 70.7 cm³/mol. The van der Waals surface area contributed by atoms with E-state index in [-0.39, 0.29) is 6.04 Å². The third-order valence-electron chi connectivity index (χ3n) is 2.60. The third kappa shape index (κ3) is 2.73. The van der Waals surface area contributed by atoms with Crippen molar-refractivity contribution in [1.82, 2.24) is 14.8 Å². The maximum atomic E-state index is 6.14. The van der Waals surface area contributed by atoms with Crippen LogP contribution in [0.5, 0.6) is 0 Å². The topological polar surface area (TPSA) is 56.7 Å². The summed E-state index contributed by atoms with van der Waals surface area (Å²) in [5, 5.41) is 6.44. The number of thiophene rings is 1. The first kappa shape index (κ1) is 12.3. The average molecular weight is 250 g/mol. The van der Waals surface area contributed by atoms with Crippen molar-refractivity contribution >= 4 is 11.3 Å². The Kier molecular flexibility index (Phi) is 3.59. The second-order valence-electron chi connectivity index (χ2n) is 4.63. The number of hydrogen-bond acceptors (Lipinski definition) is 4. The number of rotatable bonds is 4. The van der Waals surface area contributed by atoms with Crippen LogP contribution in [0, 0.1) is 5.92 Å². The summed E-state index contributed by atoms with van der Waals surface area (Å²) in [6.07, 6.45) is 0.927. The Morgan fingerprint density at radius 1 is 1.47 bits per heavy atom. The Hall–Kier alpha value is -1.20. The van der Waals surface area contributed by atoms with Crippen LogP contribution in [-0.2, 0) is 7.05 Å². The van der Waals surface area contributed by atoms with E-state index in [0.29, 0.717) is 5.92 Å². The molecule has 5 heteroatoms. The fourth-order valence-corrected chi connectivity index (χ4v) is 2.50. The quantitative estimate of drug-likeness (QED) is 0.907. The summed E-state index contributed by atoms with van der Waals surface area (Å²) in [4.78, 5) is 5.63. The fourth-order valence-electron chi connectivity index (χ4n) is 1.84. The first-order chi connectivity index (χ1) is 8.08. The van der Waals surface area contributed by atoms with Gasteiger partial charge in [0.05, 0.1) is 10.9 Å². The molecule has 1 unspecified atom stereocenters. The lowest BCUT2D eigenvalue weighted by Crippen LogP contribution is -2.17. The minimum Gasteiger partial charge on any atom is -0.321 e. The molecule has 2 rings (SSSR count). The van der Waals surface area contributed by atoms with E-state index >= 15 is 0 Å². The standard InChI is InChI=1S/C12H18N4S/c1-8(2)7-9(13)12-14-11(15-16(12)3)10-5-4-6-17-10/h4-6,8-9H,7,13H2,1-3H3. The van der Waals surface area contributed by atoms with Gasteiger partial charge >= 0.3 is 0 Å². The minimum absolute atomic E-state index is 0.0405. The molecule has 2 aromatic heterocycles. The molecule has 0 aliphatic rings. The van der Waals surface area contributed by atoms with Gasteiger partial charge in [0.2, 0.25) is 0 Å². The first-order valence-corrected chi connectivity index (χ1v) is 6.66. The fraction of sp³-hybridized carbons (Fsp3) is 0.500. The van der Waals surface area contributed by atoms with Crippen LogP contribution in [0.25, 0.3) is 10.7 Å². The van der Waals surface area contributed by atoms with Crippen LogP contribution in [0.15, 0.2) is 17.5 Å². The largest absolute Gasteiger partial charge is 0.321 e. The van der Waals surface area contributed by atoms with Crippen molar-refractivity contribution in [3.8, 4) is 10.7 Å². The summed E-state index contributed by atoms with van der Waals surface area (Å²) in [5.74, 6) is 2.20. The monoisotopic (exact) mass is 250 g/mol. The van der Waals surface area contributed by atoms with Crippen LogP contribution in [0.3, 0.4) is 0 Å². The molecule has 2 aromatic rings. The van der Waals surface area contributed by atoms with Gasteiger partial charge in [-0.15, -0.1) is 11.3 Å². The van der Waals surface area contributed by atoms with E-state index in [1.54, 1.807) is 16.0 Å². The van der Waals surface area contributed by atoms with Gasteiger partial charge in [-0.05, 0) is 23.8 Å². The van der Waals surface area contributed by atoms with E-state index in [0.717, 1.165) is 22.9 Å². The molecule has 0 aliphatic heterocycles. The Bertz CT molecular complexity index is 473. The molecule has 2 heterocycles. The molecule has 0 saturated carbocycles. The van der Waals surface area contributed by atoms with Crippen LogP contribution in [-0.4, -0.2) is 14.8 Å². The predicted octanol–water partition coefficient (Wildman–Crippen LogP) is 2.59. The number of nitrogens with zero attached hydrogens (tertiary/aromatic N) is 3. The van der Waals surface area contributed by atoms with E-state index < -0.39 is 0 Å². The van der Waals surface area contributed by atoms with Crippen molar-refractivity contribution in [1.29, 1.82) is 0 Å². The molecular weight excluding hydrogens is 232 g/mol.